The quantitative estimate of drug-likeness (QED) is 0.700. The Kier molecular flexibility index (Phi) is 3.23. The smallest absolute Gasteiger partial charge is 0.422 e. The van der Waals surface area contributed by atoms with Gasteiger partial charge in [-0.25, -0.2) is 4.79 Å². The van der Waals surface area contributed by atoms with Crippen LogP contribution in [0.25, 0.3) is 0 Å². The van der Waals surface area contributed by atoms with Crippen LogP contribution in [0.1, 0.15) is 19.3 Å². The van der Waals surface area contributed by atoms with Crippen LogP contribution in [0.5, 0.6) is 0 Å². The zero-order valence-corrected chi connectivity index (χ0v) is 7.80. The van der Waals surface area contributed by atoms with Gasteiger partial charge in [-0.2, -0.15) is 13.2 Å². The number of carbonyl (C=O) groups excluding carboxylic acids is 1. The summed E-state index contributed by atoms with van der Waals surface area (Å²) >= 11 is 0. The fourth-order valence-electron chi connectivity index (χ4n) is 1.17. The van der Waals surface area contributed by atoms with Gasteiger partial charge in [-0.05, 0) is 19.3 Å². The molecule has 0 bridgehead atoms. The van der Waals surface area contributed by atoms with E-state index in [-0.39, 0.29) is 6.04 Å². The van der Waals surface area contributed by atoms with Crippen molar-refractivity contribution in [2.75, 3.05) is 13.7 Å². The SMILES string of the molecule is CN(C(=O)OCC(F)(F)F)C1CCC1. The van der Waals surface area contributed by atoms with Gasteiger partial charge in [0.05, 0.1) is 0 Å². The summed E-state index contributed by atoms with van der Waals surface area (Å²) < 4.78 is 39.1. The summed E-state index contributed by atoms with van der Waals surface area (Å²) in [4.78, 5) is 12.3. The largest absolute Gasteiger partial charge is 0.440 e. The van der Waals surface area contributed by atoms with Crippen molar-refractivity contribution in [1.82, 2.24) is 4.90 Å². The van der Waals surface area contributed by atoms with Gasteiger partial charge in [0.2, 0.25) is 0 Å². The third-order valence-electron chi connectivity index (χ3n) is 2.27. The van der Waals surface area contributed by atoms with E-state index in [1.54, 1.807) is 0 Å². The van der Waals surface area contributed by atoms with Crippen LogP contribution in [-0.2, 0) is 4.74 Å². The molecule has 0 atom stereocenters. The first kappa shape index (κ1) is 11.1. The standard InChI is InChI=1S/C8H12F3NO2/c1-12(6-3-2-4-6)7(13)14-5-8(9,10)11/h6H,2-5H2,1H3. The number of halogens is 3. The molecule has 82 valence electrons. The molecule has 0 aromatic rings. The molecule has 6 heteroatoms. The van der Waals surface area contributed by atoms with Crippen molar-refractivity contribution in [2.24, 2.45) is 0 Å². The number of hydrogen-bond donors (Lipinski definition) is 0. The predicted octanol–water partition coefficient (Wildman–Crippen LogP) is 2.17. The van der Waals surface area contributed by atoms with Gasteiger partial charge in [-0.3, -0.25) is 0 Å². The van der Waals surface area contributed by atoms with Crippen molar-refractivity contribution >= 4 is 6.09 Å². The Bertz CT molecular complexity index is 213. The Hall–Kier alpha value is -0.940. The van der Waals surface area contributed by atoms with Gasteiger partial charge >= 0.3 is 12.3 Å². The van der Waals surface area contributed by atoms with Crippen LogP contribution in [0.15, 0.2) is 0 Å². The minimum absolute atomic E-state index is 0.0516. The average molecular weight is 211 g/mol. The lowest BCUT2D eigenvalue weighted by Gasteiger charge is -2.33. The van der Waals surface area contributed by atoms with Crippen molar-refractivity contribution in [3.05, 3.63) is 0 Å². The van der Waals surface area contributed by atoms with Crippen LogP contribution in [0.2, 0.25) is 0 Å². The highest BCUT2D eigenvalue weighted by molar-refractivity contribution is 5.67. The summed E-state index contributed by atoms with van der Waals surface area (Å²) in [5.74, 6) is 0. The molecule has 0 aromatic heterocycles. The Morgan fingerprint density at radius 2 is 2.07 bits per heavy atom. The van der Waals surface area contributed by atoms with Gasteiger partial charge in [0, 0.05) is 13.1 Å². The zero-order chi connectivity index (χ0) is 10.8. The van der Waals surface area contributed by atoms with Crippen LogP contribution in [-0.4, -0.2) is 36.9 Å². The highest BCUT2D eigenvalue weighted by atomic mass is 19.4. The number of rotatable bonds is 2. The molecule has 1 aliphatic carbocycles. The van der Waals surface area contributed by atoms with Gasteiger partial charge in [-0.15, -0.1) is 0 Å². The monoisotopic (exact) mass is 211 g/mol. The Balaban J connectivity index is 2.27. The normalized spacial score (nSPS) is 17.4. The Morgan fingerprint density at radius 3 is 2.43 bits per heavy atom. The van der Waals surface area contributed by atoms with Crippen molar-refractivity contribution in [2.45, 2.75) is 31.5 Å². The van der Waals surface area contributed by atoms with Crippen LogP contribution in [0, 0.1) is 0 Å². The summed E-state index contributed by atoms with van der Waals surface area (Å²) in [5.41, 5.74) is 0. The average Bonchev–Trinajstić information content (AvgIpc) is 1.95. The van der Waals surface area contributed by atoms with Gasteiger partial charge in [0.1, 0.15) is 0 Å². The Labute approximate surface area is 79.8 Å². The van der Waals surface area contributed by atoms with E-state index in [4.69, 9.17) is 0 Å². The lowest BCUT2D eigenvalue weighted by atomic mass is 9.92. The lowest BCUT2D eigenvalue weighted by Crippen LogP contribution is -2.42. The second kappa shape index (κ2) is 4.06. The topological polar surface area (TPSA) is 29.5 Å². The second-order valence-corrected chi connectivity index (χ2v) is 3.37. The van der Waals surface area contributed by atoms with Crippen LogP contribution >= 0.6 is 0 Å². The highest BCUT2D eigenvalue weighted by Gasteiger charge is 2.32. The minimum atomic E-state index is -4.45. The molecule has 1 saturated carbocycles. The minimum Gasteiger partial charge on any atom is -0.440 e. The van der Waals surface area contributed by atoms with Gasteiger partial charge in [0.15, 0.2) is 6.61 Å². The molecule has 0 saturated heterocycles. The van der Waals surface area contributed by atoms with Crippen LogP contribution in [0.4, 0.5) is 18.0 Å². The number of alkyl halides is 3. The fourth-order valence-corrected chi connectivity index (χ4v) is 1.17. The predicted molar refractivity (Wildman–Crippen MR) is 42.8 cm³/mol. The zero-order valence-electron chi connectivity index (χ0n) is 7.80. The van der Waals surface area contributed by atoms with Crippen LogP contribution < -0.4 is 0 Å². The van der Waals surface area contributed by atoms with E-state index >= 15 is 0 Å². The molecule has 0 radical (unpaired) electrons. The van der Waals surface area contributed by atoms with Crippen LogP contribution in [0.3, 0.4) is 0 Å². The summed E-state index contributed by atoms with van der Waals surface area (Å²) in [6, 6.07) is 0.0516. The molecule has 1 fully saturated rings. The molecule has 3 nitrogen and oxygen atoms in total. The first-order chi connectivity index (χ1) is 6.40. The summed E-state index contributed by atoms with van der Waals surface area (Å²) in [6.45, 7) is -1.51. The van der Waals surface area contributed by atoms with E-state index in [0.717, 1.165) is 19.3 Å². The van der Waals surface area contributed by atoms with E-state index < -0.39 is 18.9 Å². The molecule has 1 aliphatic rings. The highest BCUT2D eigenvalue weighted by Crippen LogP contribution is 2.24. The molecular formula is C8H12F3NO2. The molecule has 0 aliphatic heterocycles. The summed E-state index contributed by atoms with van der Waals surface area (Å²) in [7, 11) is 1.46. The molecule has 0 spiro atoms. The molecule has 1 amide bonds. The molecule has 0 aromatic carbocycles. The van der Waals surface area contributed by atoms with Crippen molar-refractivity contribution < 1.29 is 22.7 Å². The molecule has 0 heterocycles. The van der Waals surface area contributed by atoms with Gasteiger partial charge in [-0.1, -0.05) is 0 Å². The van der Waals surface area contributed by atoms with Gasteiger partial charge in [0.25, 0.3) is 0 Å². The number of carbonyl (C=O) groups is 1. The van der Waals surface area contributed by atoms with Crippen molar-refractivity contribution in [1.29, 1.82) is 0 Å². The van der Waals surface area contributed by atoms with E-state index in [9.17, 15) is 18.0 Å². The van der Waals surface area contributed by atoms with E-state index in [1.165, 1.54) is 11.9 Å². The third-order valence-corrected chi connectivity index (χ3v) is 2.27. The van der Waals surface area contributed by atoms with E-state index in [1.807, 2.05) is 0 Å². The maximum atomic E-state index is 11.7. The maximum absolute atomic E-state index is 11.7. The van der Waals surface area contributed by atoms with E-state index in [2.05, 4.69) is 4.74 Å². The summed E-state index contributed by atoms with van der Waals surface area (Å²) in [5, 5.41) is 0. The third kappa shape index (κ3) is 3.08. The fraction of sp³-hybridized carbons (Fsp3) is 0.875. The van der Waals surface area contributed by atoms with Crippen molar-refractivity contribution in [3.63, 3.8) is 0 Å². The number of ether oxygens (including phenoxy) is 1. The molecule has 1 rings (SSSR count). The van der Waals surface area contributed by atoms with Crippen molar-refractivity contribution in [3.8, 4) is 0 Å². The van der Waals surface area contributed by atoms with Gasteiger partial charge < -0.3 is 9.64 Å². The van der Waals surface area contributed by atoms with E-state index in [0.29, 0.717) is 0 Å². The number of amides is 1. The first-order valence-corrected chi connectivity index (χ1v) is 4.36. The second-order valence-electron chi connectivity index (χ2n) is 3.37. The summed E-state index contributed by atoms with van der Waals surface area (Å²) in [6.07, 6.45) is -2.64. The maximum Gasteiger partial charge on any atom is 0.422 e. The lowest BCUT2D eigenvalue weighted by molar-refractivity contribution is -0.162. The molecule has 0 unspecified atom stereocenters. The number of hydrogen-bond acceptors (Lipinski definition) is 2. The first-order valence-electron chi connectivity index (χ1n) is 4.36. The molecule has 0 N–H and O–H groups in total. The Morgan fingerprint density at radius 1 is 1.50 bits per heavy atom. The molecular weight excluding hydrogens is 199 g/mol. The number of nitrogens with zero attached hydrogens (tertiary/aromatic N) is 1. The molecule has 14 heavy (non-hydrogen) atoms.